The number of hydrogen-bond donors (Lipinski definition) is 1. The summed E-state index contributed by atoms with van der Waals surface area (Å²) in [7, 11) is 0. The lowest BCUT2D eigenvalue weighted by atomic mass is 9.53. The molecule has 2 heterocycles. The molecule has 0 radical (unpaired) electrons. The van der Waals surface area contributed by atoms with Crippen molar-refractivity contribution >= 4 is 28.0 Å². The number of pyridine rings is 1. The van der Waals surface area contributed by atoms with Crippen LogP contribution in [0.5, 0.6) is 0 Å². The monoisotopic (exact) mass is 548 g/mol. The van der Waals surface area contributed by atoms with Crippen molar-refractivity contribution in [3.63, 3.8) is 0 Å². The molecule has 36 heavy (non-hydrogen) atoms. The largest absolute Gasteiger partial charge is 0.480 e. The van der Waals surface area contributed by atoms with Crippen LogP contribution in [0.25, 0.3) is 11.1 Å². The third-order valence-electron chi connectivity index (χ3n) is 7.69. The number of benzene rings is 2. The van der Waals surface area contributed by atoms with Gasteiger partial charge in [-0.25, -0.2) is 14.6 Å². The number of carbonyl (C=O) groups excluding carboxylic acids is 1. The Balaban J connectivity index is 1.09. The van der Waals surface area contributed by atoms with Gasteiger partial charge in [-0.15, -0.1) is 0 Å². The Morgan fingerprint density at radius 3 is 2.22 bits per heavy atom. The molecule has 6 rings (SSSR count). The van der Waals surface area contributed by atoms with Gasteiger partial charge in [0, 0.05) is 36.2 Å². The van der Waals surface area contributed by atoms with Gasteiger partial charge in [0.25, 0.3) is 0 Å². The molecule has 1 aliphatic heterocycles. The highest BCUT2D eigenvalue weighted by atomic mass is 79.9. The molecule has 3 aliphatic rings. The SMILES string of the molecule is O=C(O)COC1(c2ccc(Br)nc2)CC2(CN(C(=O)OCC3c4ccccc4-c4ccccc43)C2)C1. The standard InChI is InChI=1S/C28H25BrN2O5/c29-24-10-9-18(11-30-24)28(36-13-25(32)33)14-27(15-28)16-31(17-27)26(34)35-12-23-21-7-3-1-5-19(21)20-6-2-4-8-22(20)23/h1-11,23H,12-17H2,(H,32,33). The molecule has 1 amide bonds. The Morgan fingerprint density at radius 1 is 1.00 bits per heavy atom. The lowest BCUT2D eigenvalue weighted by Crippen LogP contribution is -2.68. The van der Waals surface area contributed by atoms with Gasteiger partial charge in [0.1, 0.15) is 17.8 Å². The zero-order valence-corrected chi connectivity index (χ0v) is 21.1. The first-order valence-corrected chi connectivity index (χ1v) is 12.8. The predicted octanol–water partition coefficient (Wildman–Crippen LogP) is 5.19. The summed E-state index contributed by atoms with van der Waals surface area (Å²) in [5.74, 6) is -0.975. The number of aromatic nitrogens is 1. The van der Waals surface area contributed by atoms with E-state index in [0.717, 1.165) is 5.56 Å². The van der Waals surface area contributed by atoms with Gasteiger partial charge in [0.2, 0.25) is 0 Å². The van der Waals surface area contributed by atoms with Crippen LogP contribution >= 0.6 is 15.9 Å². The van der Waals surface area contributed by atoms with Gasteiger partial charge >= 0.3 is 12.1 Å². The molecule has 1 N–H and O–H groups in total. The van der Waals surface area contributed by atoms with E-state index in [0.29, 0.717) is 37.1 Å². The van der Waals surface area contributed by atoms with E-state index in [1.807, 2.05) is 36.4 Å². The molecule has 2 aliphatic carbocycles. The summed E-state index contributed by atoms with van der Waals surface area (Å²) in [6.45, 7) is 1.08. The van der Waals surface area contributed by atoms with Crippen molar-refractivity contribution in [3.8, 4) is 11.1 Å². The summed E-state index contributed by atoms with van der Waals surface area (Å²) in [5, 5.41) is 9.16. The van der Waals surface area contributed by atoms with E-state index in [-0.39, 0.29) is 24.0 Å². The van der Waals surface area contributed by atoms with E-state index in [1.165, 1.54) is 22.3 Å². The zero-order chi connectivity index (χ0) is 24.9. The molecular formula is C28H25BrN2O5. The minimum Gasteiger partial charge on any atom is -0.480 e. The number of hydrogen-bond acceptors (Lipinski definition) is 5. The van der Waals surface area contributed by atoms with Crippen LogP contribution < -0.4 is 0 Å². The summed E-state index contributed by atoms with van der Waals surface area (Å²) >= 11 is 3.34. The predicted molar refractivity (Wildman–Crippen MR) is 136 cm³/mol. The van der Waals surface area contributed by atoms with Crippen LogP contribution in [0.2, 0.25) is 0 Å². The van der Waals surface area contributed by atoms with Crippen LogP contribution in [0.1, 0.15) is 35.4 Å². The maximum absolute atomic E-state index is 12.9. The fourth-order valence-corrected chi connectivity index (χ4v) is 6.43. The summed E-state index contributed by atoms with van der Waals surface area (Å²) in [6, 6.07) is 20.3. The van der Waals surface area contributed by atoms with Gasteiger partial charge in [-0.1, -0.05) is 54.6 Å². The number of carboxylic acids is 1. The van der Waals surface area contributed by atoms with Crippen molar-refractivity contribution in [1.82, 2.24) is 9.88 Å². The van der Waals surface area contributed by atoms with E-state index in [1.54, 1.807) is 11.1 Å². The zero-order valence-electron chi connectivity index (χ0n) is 19.5. The average Bonchev–Trinajstić information content (AvgIpc) is 3.15. The Bertz CT molecular complexity index is 1280. The van der Waals surface area contributed by atoms with Crippen LogP contribution in [0.4, 0.5) is 4.79 Å². The van der Waals surface area contributed by atoms with Gasteiger partial charge in [0.05, 0.1) is 5.60 Å². The lowest BCUT2D eigenvalue weighted by Gasteiger charge is -2.63. The van der Waals surface area contributed by atoms with E-state index in [2.05, 4.69) is 45.2 Å². The number of rotatable bonds is 6. The van der Waals surface area contributed by atoms with Crippen LogP contribution in [-0.2, 0) is 19.9 Å². The maximum Gasteiger partial charge on any atom is 0.409 e. The van der Waals surface area contributed by atoms with Crippen molar-refractivity contribution in [2.24, 2.45) is 5.41 Å². The molecule has 1 saturated heterocycles. The van der Waals surface area contributed by atoms with Crippen LogP contribution in [-0.4, -0.2) is 53.4 Å². The number of ether oxygens (including phenoxy) is 2. The normalized spacial score (nSPS) is 18.6. The first-order chi connectivity index (χ1) is 17.4. The highest BCUT2D eigenvalue weighted by Gasteiger charge is 2.62. The molecule has 0 unspecified atom stereocenters. The van der Waals surface area contributed by atoms with E-state index in [9.17, 15) is 9.59 Å². The van der Waals surface area contributed by atoms with Crippen molar-refractivity contribution in [2.75, 3.05) is 26.3 Å². The number of halogens is 1. The Kier molecular flexibility index (Phi) is 5.61. The number of carbonyl (C=O) groups is 2. The fraction of sp³-hybridized carbons (Fsp3) is 0.321. The number of amides is 1. The molecule has 0 bridgehead atoms. The highest BCUT2D eigenvalue weighted by Crippen LogP contribution is 2.60. The second-order valence-electron chi connectivity index (χ2n) is 10.1. The quantitative estimate of drug-likeness (QED) is 0.426. The minimum absolute atomic E-state index is 0.0299. The maximum atomic E-state index is 12.9. The minimum atomic E-state index is -1.01. The van der Waals surface area contributed by atoms with Gasteiger partial charge in [-0.2, -0.15) is 0 Å². The van der Waals surface area contributed by atoms with Crippen molar-refractivity contribution in [2.45, 2.75) is 24.4 Å². The second-order valence-corrected chi connectivity index (χ2v) is 10.9. The molecule has 184 valence electrons. The number of likely N-dealkylation sites (tertiary alicyclic amines) is 1. The smallest absolute Gasteiger partial charge is 0.409 e. The molecule has 1 aromatic heterocycles. The highest BCUT2D eigenvalue weighted by molar-refractivity contribution is 9.10. The topological polar surface area (TPSA) is 89.0 Å². The van der Waals surface area contributed by atoms with Crippen LogP contribution in [0, 0.1) is 5.41 Å². The van der Waals surface area contributed by atoms with Crippen molar-refractivity contribution in [1.29, 1.82) is 0 Å². The molecule has 1 saturated carbocycles. The molecule has 3 aromatic rings. The Hall–Kier alpha value is -3.23. The molecule has 0 atom stereocenters. The average molecular weight is 549 g/mol. The molecular weight excluding hydrogens is 524 g/mol. The molecule has 8 heteroatoms. The van der Waals surface area contributed by atoms with Gasteiger partial charge in [-0.05, 0) is 57.1 Å². The van der Waals surface area contributed by atoms with E-state index >= 15 is 0 Å². The lowest BCUT2D eigenvalue weighted by molar-refractivity contribution is -0.219. The van der Waals surface area contributed by atoms with Crippen molar-refractivity contribution < 1.29 is 24.2 Å². The first kappa shape index (κ1) is 23.2. The third kappa shape index (κ3) is 3.89. The first-order valence-electron chi connectivity index (χ1n) is 12.0. The summed E-state index contributed by atoms with van der Waals surface area (Å²) in [5.41, 5.74) is 4.86. The van der Waals surface area contributed by atoms with Gasteiger partial charge in [0.15, 0.2) is 0 Å². The van der Waals surface area contributed by atoms with E-state index < -0.39 is 11.6 Å². The summed E-state index contributed by atoms with van der Waals surface area (Å²) in [4.78, 5) is 30.1. The van der Waals surface area contributed by atoms with Crippen LogP contribution in [0.15, 0.2) is 71.5 Å². The van der Waals surface area contributed by atoms with Gasteiger partial charge < -0.3 is 19.5 Å². The van der Waals surface area contributed by atoms with Crippen LogP contribution in [0.3, 0.4) is 0 Å². The fourth-order valence-electron chi connectivity index (χ4n) is 6.20. The number of carboxylic acid groups (broad SMARTS) is 1. The third-order valence-corrected chi connectivity index (χ3v) is 8.16. The molecule has 2 aromatic carbocycles. The summed E-state index contributed by atoms with van der Waals surface area (Å²) < 4.78 is 12.4. The summed E-state index contributed by atoms with van der Waals surface area (Å²) in [6.07, 6.45) is 2.70. The number of fused-ring (bicyclic) bond motifs is 3. The van der Waals surface area contributed by atoms with Gasteiger partial charge in [-0.3, -0.25) is 0 Å². The number of aliphatic carboxylic acids is 1. The Labute approximate surface area is 217 Å². The second kappa shape index (κ2) is 8.71. The molecule has 1 spiro atoms. The van der Waals surface area contributed by atoms with E-state index in [4.69, 9.17) is 14.6 Å². The molecule has 7 nitrogen and oxygen atoms in total. The molecule has 2 fully saturated rings. The Morgan fingerprint density at radius 2 is 1.64 bits per heavy atom. The van der Waals surface area contributed by atoms with Crippen molar-refractivity contribution in [3.05, 3.63) is 88.2 Å². The number of nitrogens with zero attached hydrogens (tertiary/aromatic N) is 2.